The number of nitrogens with one attached hydrogen (secondary N) is 4. The third-order valence-electron chi connectivity index (χ3n) is 11.0. The summed E-state index contributed by atoms with van der Waals surface area (Å²) < 4.78 is 27.3. The van der Waals surface area contributed by atoms with E-state index >= 15 is 0 Å². The Morgan fingerprint density at radius 3 is 1.78 bits per heavy atom. The molecule has 18 heteroatoms. The summed E-state index contributed by atoms with van der Waals surface area (Å²) in [6.07, 6.45) is -3.48. The number of hydrogen-bond donors (Lipinski definition) is 5. The summed E-state index contributed by atoms with van der Waals surface area (Å²) in [4.78, 5) is 85.7. The zero-order valence-electron chi connectivity index (χ0n) is 40.9. The first kappa shape index (κ1) is 55.1. The van der Waals surface area contributed by atoms with Crippen molar-refractivity contribution >= 4 is 36.1 Å². The zero-order valence-corrected chi connectivity index (χ0v) is 40.9. The number of methoxy groups -OCH3 is 2. The number of rotatable bonds is 21. The number of amides is 4. The molecule has 0 aliphatic rings. The molecule has 0 saturated carbocycles. The molecule has 3 rings (SSSR count). The summed E-state index contributed by atoms with van der Waals surface area (Å²) in [6.45, 7) is 17.4. The van der Waals surface area contributed by atoms with E-state index in [0.717, 1.165) is 16.8 Å². The van der Waals surface area contributed by atoms with E-state index in [0.29, 0.717) is 12.0 Å². The van der Waals surface area contributed by atoms with Gasteiger partial charge in [0.25, 0.3) is 12.2 Å². The van der Waals surface area contributed by atoms with Gasteiger partial charge in [-0.3, -0.25) is 24.8 Å². The first-order chi connectivity index (χ1) is 31.5. The van der Waals surface area contributed by atoms with Crippen LogP contribution in [0.5, 0.6) is 0 Å². The van der Waals surface area contributed by atoms with Gasteiger partial charge in [-0.2, -0.15) is 0 Å². The third-order valence-corrected chi connectivity index (χ3v) is 11.0. The SMILES string of the molecule is CCC(C)C(OC(=O)O[C@@H](CN(Cc1ccc(-c2ccccn2)cc1)NC(=O)[C@@H](NC(=O)OC)C(C)(C)C)[C@H](Cc1ccccc1)NC(=O)[C@@H](NC(=O)OC)C(C)(C)C)OC(=O)[C@@H](N)C(C)C. The number of esters is 1. The number of nitrogens with zero attached hydrogens (tertiary/aromatic N) is 2. The molecule has 0 bridgehead atoms. The van der Waals surface area contributed by atoms with E-state index in [9.17, 15) is 28.8 Å². The van der Waals surface area contributed by atoms with Gasteiger partial charge in [0.2, 0.25) is 5.91 Å². The minimum Gasteiger partial charge on any atom is -0.453 e. The molecular weight excluding hydrogens is 863 g/mol. The quantitative estimate of drug-likeness (QED) is 0.0343. The Hall–Kier alpha value is -6.27. The molecule has 18 nitrogen and oxygen atoms in total. The van der Waals surface area contributed by atoms with E-state index in [2.05, 4.69) is 26.4 Å². The van der Waals surface area contributed by atoms with Crippen molar-refractivity contribution in [3.63, 3.8) is 0 Å². The number of aromatic nitrogens is 1. The van der Waals surface area contributed by atoms with Gasteiger partial charge in [-0.15, -0.1) is 0 Å². The molecule has 4 amide bonds. The van der Waals surface area contributed by atoms with Crippen molar-refractivity contribution in [2.24, 2.45) is 28.4 Å². The third kappa shape index (κ3) is 17.8. The lowest BCUT2D eigenvalue weighted by Gasteiger charge is -2.37. The molecule has 0 spiro atoms. The normalized spacial score (nSPS) is 14.8. The van der Waals surface area contributed by atoms with Crippen LogP contribution in [0.25, 0.3) is 11.3 Å². The fraction of sp³-hybridized carbons (Fsp3) is 0.531. The molecule has 2 unspecified atom stereocenters. The molecule has 0 saturated heterocycles. The first-order valence-electron chi connectivity index (χ1n) is 22.4. The van der Waals surface area contributed by atoms with Crippen LogP contribution < -0.4 is 27.1 Å². The molecule has 7 atom stereocenters. The number of ether oxygens (including phenoxy) is 5. The Kier molecular flexibility index (Phi) is 21.0. The number of hydrazine groups is 1. The number of carbonyl (C=O) groups is 6. The highest BCUT2D eigenvalue weighted by Gasteiger charge is 2.40. The highest BCUT2D eigenvalue weighted by molar-refractivity contribution is 5.87. The van der Waals surface area contributed by atoms with Crippen molar-refractivity contribution in [3.8, 4) is 11.3 Å². The van der Waals surface area contributed by atoms with Crippen molar-refractivity contribution in [2.45, 2.75) is 125 Å². The molecule has 1 aromatic heterocycles. The van der Waals surface area contributed by atoms with Crippen LogP contribution in [0.4, 0.5) is 14.4 Å². The lowest BCUT2D eigenvalue weighted by atomic mass is 9.85. The Labute approximate surface area is 394 Å². The average Bonchev–Trinajstić information content (AvgIpc) is 3.28. The molecule has 0 aliphatic carbocycles. The van der Waals surface area contributed by atoms with Gasteiger partial charge in [0, 0.05) is 24.2 Å². The number of pyridine rings is 1. The van der Waals surface area contributed by atoms with Crippen LogP contribution in [0.1, 0.15) is 86.8 Å². The van der Waals surface area contributed by atoms with Crippen molar-refractivity contribution in [1.29, 1.82) is 0 Å². The fourth-order valence-corrected chi connectivity index (χ4v) is 6.64. The first-order valence-corrected chi connectivity index (χ1v) is 22.4. The number of alkyl carbamates (subject to hydrolysis) is 2. The molecule has 0 aliphatic heterocycles. The summed E-state index contributed by atoms with van der Waals surface area (Å²) in [7, 11) is 2.37. The molecule has 368 valence electrons. The molecule has 6 N–H and O–H groups in total. The number of nitrogens with two attached hydrogens (primary N) is 1. The molecule has 3 aromatic rings. The van der Waals surface area contributed by atoms with Crippen LogP contribution in [-0.4, -0.2) is 103 Å². The largest absolute Gasteiger partial charge is 0.511 e. The van der Waals surface area contributed by atoms with Gasteiger partial charge in [-0.05, 0) is 52.8 Å². The van der Waals surface area contributed by atoms with E-state index in [4.69, 9.17) is 29.4 Å². The van der Waals surface area contributed by atoms with E-state index in [1.54, 1.807) is 68.5 Å². The van der Waals surface area contributed by atoms with Gasteiger partial charge >= 0.3 is 24.3 Å². The van der Waals surface area contributed by atoms with Gasteiger partial charge in [0.15, 0.2) is 0 Å². The Morgan fingerprint density at radius 2 is 1.27 bits per heavy atom. The summed E-state index contributed by atoms with van der Waals surface area (Å²) in [5.41, 5.74) is 10.4. The zero-order chi connectivity index (χ0) is 50.1. The summed E-state index contributed by atoms with van der Waals surface area (Å²) >= 11 is 0. The van der Waals surface area contributed by atoms with Crippen LogP contribution in [0.15, 0.2) is 79.0 Å². The number of carbonyl (C=O) groups excluding carboxylic acids is 6. The summed E-state index contributed by atoms with van der Waals surface area (Å²) in [5, 5.41) is 9.75. The standard InChI is InChI=1S/C49H71N7O11/c1-13-31(4)44(66-43(59)38(50)30(2)3)67-47(62)65-37(36(27-32-19-15-14-16-20-32)52-41(57)39(48(5,6)7)53-45(60)63-11)29-56(55-42(58)40(49(8,9)10)54-46(61)64-12)28-33-22-24-34(25-23-33)35-21-17-18-26-51-35/h14-26,30-31,36-40,44H,13,27-29,50H2,1-12H3,(H,52,57)(H,53,60)(H,54,61)(H,55,58)/t31?,36-,37-,38-,39+,40+,44?/m0/s1. The second kappa shape index (κ2) is 25.6. The van der Waals surface area contributed by atoms with Crippen molar-refractivity contribution in [1.82, 2.24) is 31.4 Å². The van der Waals surface area contributed by atoms with Gasteiger partial charge in [0.1, 0.15) is 24.2 Å². The molecular formula is C49H71N7O11. The fourth-order valence-electron chi connectivity index (χ4n) is 6.64. The molecule has 67 heavy (non-hydrogen) atoms. The molecule has 0 radical (unpaired) electrons. The average molecular weight is 934 g/mol. The van der Waals surface area contributed by atoms with Gasteiger partial charge in [0.05, 0.1) is 32.5 Å². The number of benzene rings is 2. The second-order valence-corrected chi connectivity index (χ2v) is 18.9. The van der Waals surface area contributed by atoms with Crippen LogP contribution in [0.2, 0.25) is 0 Å². The predicted octanol–water partition coefficient (Wildman–Crippen LogP) is 6.27. The summed E-state index contributed by atoms with van der Waals surface area (Å²) in [6, 6.07) is 17.8. The maximum absolute atomic E-state index is 14.4. The van der Waals surface area contributed by atoms with Gasteiger partial charge in [-0.25, -0.2) is 19.4 Å². The maximum atomic E-state index is 14.4. The maximum Gasteiger partial charge on any atom is 0.511 e. The van der Waals surface area contributed by atoms with Crippen molar-refractivity contribution in [2.75, 3.05) is 20.8 Å². The Morgan fingerprint density at radius 1 is 0.701 bits per heavy atom. The van der Waals surface area contributed by atoms with Crippen LogP contribution in [-0.2, 0) is 51.0 Å². The monoisotopic (exact) mass is 934 g/mol. The lowest BCUT2D eigenvalue weighted by molar-refractivity contribution is -0.185. The topological polar surface area (TPSA) is 239 Å². The predicted molar refractivity (Wildman–Crippen MR) is 251 cm³/mol. The Bertz CT molecular complexity index is 2060. The van der Waals surface area contributed by atoms with Crippen LogP contribution in [0.3, 0.4) is 0 Å². The van der Waals surface area contributed by atoms with Gasteiger partial charge in [-0.1, -0.05) is 130 Å². The van der Waals surface area contributed by atoms with E-state index in [1.807, 2.05) is 79.7 Å². The smallest absolute Gasteiger partial charge is 0.453 e. The van der Waals surface area contributed by atoms with Crippen molar-refractivity contribution < 1.29 is 52.5 Å². The highest BCUT2D eigenvalue weighted by Crippen LogP contribution is 2.24. The highest BCUT2D eigenvalue weighted by atomic mass is 16.8. The van der Waals surface area contributed by atoms with Crippen molar-refractivity contribution in [3.05, 3.63) is 90.1 Å². The van der Waals surface area contributed by atoms with E-state index in [-0.39, 0.29) is 25.4 Å². The van der Waals surface area contributed by atoms with E-state index in [1.165, 1.54) is 19.2 Å². The molecule has 2 aromatic carbocycles. The van der Waals surface area contributed by atoms with E-state index < -0.39 is 89.4 Å². The van der Waals surface area contributed by atoms with Crippen LogP contribution in [0, 0.1) is 22.7 Å². The molecule has 1 heterocycles. The minimum absolute atomic E-state index is 0.0128. The second-order valence-electron chi connectivity index (χ2n) is 18.9. The lowest BCUT2D eigenvalue weighted by Crippen LogP contribution is -2.61. The van der Waals surface area contributed by atoms with Gasteiger partial charge < -0.3 is 45.4 Å². The summed E-state index contributed by atoms with van der Waals surface area (Å²) in [5.74, 6) is -2.81. The Balaban J connectivity index is 2.23. The minimum atomic E-state index is -1.41. The van der Waals surface area contributed by atoms with Crippen LogP contribution >= 0.6 is 0 Å². The molecule has 0 fully saturated rings. The number of hydrogen-bond acceptors (Lipinski definition) is 14.